The minimum atomic E-state index is 0. The standard InChI is InChI=1S/C16H15N5O.2H2/c17-6-10-4-13-14-5-12(22-11-2-1-3-18-7-11)8-20-16(14)21-15(13)9-19-10;;/h4-5,8-9,11,18H,1-3,7H2,(H,20,21);2*1H/t11-;;/m0../s1. The lowest BCUT2D eigenvalue weighted by atomic mass is 10.1. The van der Waals surface area contributed by atoms with Gasteiger partial charge in [-0.15, -0.1) is 0 Å². The topological polar surface area (TPSA) is 86.6 Å². The van der Waals surface area contributed by atoms with Crippen molar-refractivity contribution in [1.29, 1.82) is 5.26 Å². The van der Waals surface area contributed by atoms with Gasteiger partial charge in [-0.1, -0.05) is 0 Å². The largest absolute Gasteiger partial charge is 0.487 e. The number of nitrogens with zero attached hydrogens (tertiary/aromatic N) is 3. The van der Waals surface area contributed by atoms with Crippen LogP contribution in [0, 0.1) is 11.3 Å². The normalized spacial score (nSPS) is 18.4. The van der Waals surface area contributed by atoms with Crippen LogP contribution in [0.1, 0.15) is 21.4 Å². The molecule has 4 rings (SSSR count). The second-order valence-corrected chi connectivity index (χ2v) is 5.51. The molecule has 3 aromatic rings. The van der Waals surface area contributed by atoms with Crippen molar-refractivity contribution >= 4 is 21.9 Å². The van der Waals surface area contributed by atoms with Gasteiger partial charge in [0.1, 0.15) is 29.3 Å². The molecule has 0 aromatic carbocycles. The van der Waals surface area contributed by atoms with Gasteiger partial charge in [0, 0.05) is 20.2 Å². The number of hydrogen-bond acceptors (Lipinski definition) is 5. The maximum atomic E-state index is 9.01. The molecule has 0 unspecified atom stereocenters. The van der Waals surface area contributed by atoms with Gasteiger partial charge in [-0.2, -0.15) is 5.26 Å². The van der Waals surface area contributed by atoms with E-state index in [1.54, 1.807) is 18.5 Å². The van der Waals surface area contributed by atoms with Crippen LogP contribution in [0.4, 0.5) is 0 Å². The summed E-state index contributed by atoms with van der Waals surface area (Å²) >= 11 is 0. The van der Waals surface area contributed by atoms with Crippen molar-refractivity contribution in [3.8, 4) is 11.8 Å². The molecule has 1 fully saturated rings. The lowest BCUT2D eigenvalue weighted by Crippen LogP contribution is -2.37. The van der Waals surface area contributed by atoms with Crippen molar-refractivity contribution in [1.82, 2.24) is 20.3 Å². The Hall–Kier alpha value is -2.65. The monoisotopic (exact) mass is 297 g/mol. The molecule has 1 atom stereocenters. The number of hydrogen-bond donors (Lipinski definition) is 2. The van der Waals surface area contributed by atoms with Crippen LogP contribution in [0.25, 0.3) is 21.9 Å². The van der Waals surface area contributed by atoms with Crippen LogP contribution in [0.3, 0.4) is 0 Å². The first-order chi connectivity index (χ1) is 10.8. The van der Waals surface area contributed by atoms with Gasteiger partial charge in [-0.25, -0.2) is 9.97 Å². The minimum absolute atomic E-state index is 0. The first-order valence-corrected chi connectivity index (χ1v) is 7.38. The molecule has 0 bridgehead atoms. The molecule has 1 saturated heterocycles. The Kier molecular flexibility index (Phi) is 3.13. The number of fused-ring (bicyclic) bond motifs is 3. The van der Waals surface area contributed by atoms with Gasteiger partial charge >= 0.3 is 0 Å². The van der Waals surface area contributed by atoms with E-state index >= 15 is 0 Å². The van der Waals surface area contributed by atoms with Gasteiger partial charge in [-0.3, -0.25) is 0 Å². The molecule has 22 heavy (non-hydrogen) atoms. The van der Waals surface area contributed by atoms with Crippen molar-refractivity contribution in [2.75, 3.05) is 13.1 Å². The molecular formula is C16H19N5O. The van der Waals surface area contributed by atoms with Gasteiger partial charge < -0.3 is 15.0 Å². The molecular weight excluding hydrogens is 278 g/mol. The Bertz CT molecular complexity index is 883. The zero-order valence-corrected chi connectivity index (χ0v) is 12.0. The average Bonchev–Trinajstić information content (AvgIpc) is 2.93. The van der Waals surface area contributed by atoms with Crippen LogP contribution in [0.5, 0.6) is 5.75 Å². The summed E-state index contributed by atoms with van der Waals surface area (Å²) in [5.41, 5.74) is 2.05. The molecule has 3 aromatic heterocycles. The minimum Gasteiger partial charge on any atom is -0.487 e. The van der Waals surface area contributed by atoms with Gasteiger partial charge in [0.2, 0.25) is 0 Å². The van der Waals surface area contributed by atoms with Gasteiger partial charge in [0.15, 0.2) is 0 Å². The summed E-state index contributed by atoms with van der Waals surface area (Å²) in [4.78, 5) is 11.7. The fourth-order valence-corrected chi connectivity index (χ4v) is 2.89. The molecule has 6 heteroatoms. The molecule has 0 radical (unpaired) electrons. The van der Waals surface area contributed by atoms with Crippen LogP contribution in [0.15, 0.2) is 24.5 Å². The zero-order chi connectivity index (χ0) is 14.9. The van der Waals surface area contributed by atoms with Crippen molar-refractivity contribution < 1.29 is 7.59 Å². The Labute approximate surface area is 130 Å². The van der Waals surface area contributed by atoms with Crippen molar-refractivity contribution in [2.24, 2.45) is 0 Å². The van der Waals surface area contributed by atoms with Crippen molar-refractivity contribution in [3.63, 3.8) is 0 Å². The number of nitrogens with one attached hydrogen (secondary N) is 2. The Morgan fingerprint density at radius 2 is 2.23 bits per heavy atom. The molecule has 114 valence electrons. The molecule has 0 saturated carbocycles. The summed E-state index contributed by atoms with van der Waals surface area (Å²) in [6, 6.07) is 5.83. The van der Waals surface area contributed by atoms with Gasteiger partial charge in [-0.05, 0) is 31.5 Å². The lowest BCUT2D eigenvalue weighted by Gasteiger charge is -2.23. The van der Waals surface area contributed by atoms with E-state index in [1.807, 2.05) is 6.07 Å². The Morgan fingerprint density at radius 3 is 3.05 bits per heavy atom. The summed E-state index contributed by atoms with van der Waals surface area (Å²) in [5, 5.41) is 14.2. The number of ether oxygens (including phenoxy) is 1. The summed E-state index contributed by atoms with van der Waals surface area (Å²) in [6.45, 7) is 1.93. The molecule has 2 N–H and O–H groups in total. The molecule has 0 aliphatic carbocycles. The summed E-state index contributed by atoms with van der Waals surface area (Å²) < 4.78 is 6.02. The molecule has 0 amide bonds. The lowest BCUT2D eigenvalue weighted by molar-refractivity contribution is 0.167. The Balaban J connectivity index is 0.00000104. The van der Waals surface area contributed by atoms with Crippen LogP contribution in [0.2, 0.25) is 0 Å². The van der Waals surface area contributed by atoms with E-state index in [4.69, 9.17) is 10.00 Å². The molecule has 1 aliphatic rings. The highest BCUT2D eigenvalue weighted by Crippen LogP contribution is 2.27. The number of aromatic nitrogens is 3. The Morgan fingerprint density at radius 1 is 1.27 bits per heavy atom. The molecule has 1 aliphatic heterocycles. The summed E-state index contributed by atoms with van der Waals surface area (Å²) in [6.07, 6.45) is 5.78. The number of H-pyrrole nitrogens is 1. The number of piperidine rings is 1. The van der Waals surface area contributed by atoms with E-state index in [1.165, 1.54) is 0 Å². The number of aromatic amines is 1. The second-order valence-electron chi connectivity index (χ2n) is 5.51. The highest BCUT2D eigenvalue weighted by Gasteiger charge is 2.15. The number of rotatable bonds is 2. The fraction of sp³-hybridized carbons (Fsp3) is 0.312. The first kappa shape index (κ1) is 13.0. The summed E-state index contributed by atoms with van der Waals surface area (Å²) in [5.74, 6) is 0.761. The SMILES string of the molecule is N#Cc1cc2c(cn1)[nH]c1ncc(O[C@H]3CCCNC3)cc12.[HH].[HH]. The van der Waals surface area contributed by atoms with Crippen LogP contribution in [-0.4, -0.2) is 34.1 Å². The third-order valence-corrected chi connectivity index (χ3v) is 3.98. The molecule has 0 spiro atoms. The third kappa shape index (κ3) is 2.26. The predicted molar refractivity (Wildman–Crippen MR) is 86.9 cm³/mol. The average molecular weight is 297 g/mol. The van der Waals surface area contributed by atoms with E-state index in [9.17, 15) is 0 Å². The van der Waals surface area contributed by atoms with Crippen LogP contribution in [-0.2, 0) is 0 Å². The zero-order valence-electron chi connectivity index (χ0n) is 12.0. The highest BCUT2D eigenvalue weighted by atomic mass is 16.5. The van der Waals surface area contributed by atoms with Crippen LogP contribution < -0.4 is 10.1 Å². The number of nitriles is 1. The van der Waals surface area contributed by atoms with E-state index < -0.39 is 0 Å². The van der Waals surface area contributed by atoms with E-state index in [2.05, 4.69) is 26.3 Å². The van der Waals surface area contributed by atoms with Crippen molar-refractivity contribution in [2.45, 2.75) is 18.9 Å². The maximum Gasteiger partial charge on any atom is 0.141 e. The smallest absolute Gasteiger partial charge is 0.141 e. The number of pyridine rings is 2. The summed E-state index contributed by atoms with van der Waals surface area (Å²) in [7, 11) is 0. The first-order valence-electron chi connectivity index (χ1n) is 7.38. The van der Waals surface area contributed by atoms with E-state index in [0.717, 1.165) is 53.6 Å². The van der Waals surface area contributed by atoms with Gasteiger partial charge in [0.25, 0.3) is 0 Å². The second kappa shape index (κ2) is 5.28. The third-order valence-electron chi connectivity index (χ3n) is 3.98. The quantitative estimate of drug-likeness (QED) is 0.759. The van der Waals surface area contributed by atoms with E-state index in [-0.39, 0.29) is 8.96 Å². The van der Waals surface area contributed by atoms with Crippen LogP contribution >= 0.6 is 0 Å². The molecule has 4 heterocycles. The highest BCUT2D eigenvalue weighted by molar-refractivity contribution is 6.06. The fourth-order valence-electron chi connectivity index (χ4n) is 2.89. The molecule has 6 nitrogen and oxygen atoms in total. The van der Waals surface area contributed by atoms with Gasteiger partial charge in [0.05, 0.1) is 17.9 Å². The maximum absolute atomic E-state index is 9.01. The predicted octanol–water partition coefficient (Wildman–Crippen LogP) is 2.61. The van der Waals surface area contributed by atoms with E-state index in [0.29, 0.717) is 5.69 Å². The van der Waals surface area contributed by atoms with Crippen molar-refractivity contribution in [3.05, 3.63) is 30.2 Å².